The van der Waals surface area contributed by atoms with Gasteiger partial charge in [-0.25, -0.2) is 13.5 Å². The minimum Gasteiger partial charge on any atom is -0.299 e. The Balaban J connectivity index is 1.32. The molecule has 1 fully saturated rings. The van der Waals surface area contributed by atoms with Gasteiger partial charge in [0.1, 0.15) is 11.6 Å². The van der Waals surface area contributed by atoms with Crippen LogP contribution >= 0.6 is 0 Å². The van der Waals surface area contributed by atoms with Gasteiger partial charge in [0.05, 0.1) is 12.2 Å². The molecule has 8 heteroatoms. The van der Waals surface area contributed by atoms with Crippen molar-refractivity contribution < 1.29 is 8.78 Å². The number of aromatic nitrogens is 3. The lowest BCUT2D eigenvalue weighted by Crippen LogP contribution is -2.47. The van der Waals surface area contributed by atoms with Crippen molar-refractivity contribution in [1.82, 2.24) is 24.6 Å². The Morgan fingerprint density at radius 2 is 1.60 bits per heavy atom. The average Bonchev–Trinajstić information content (AvgIpc) is 2.77. The first kappa shape index (κ1) is 20.3. The first-order valence-electron chi connectivity index (χ1n) is 9.96. The van der Waals surface area contributed by atoms with Crippen molar-refractivity contribution in [3.05, 3.63) is 82.4 Å². The summed E-state index contributed by atoms with van der Waals surface area (Å²) in [5, 5.41) is 4.48. The summed E-state index contributed by atoms with van der Waals surface area (Å²) in [5.74, 6) is -0.796. The van der Waals surface area contributed by atoms with Gasteiger partial charge in [-0.2, -0.15) is 5.10 Å². The number of halogens is 2. The second kappa shape index (κ2) is 9.23. The van der Waals surface area contributed by atoms with Gasteiger partial charge in [-0.05, 0) is 36.4 Å². The Morgan fingerprint density at radius 1 is 0.867 bits per heavy atom. The van der Waals surface area contributed by atoms with E-state index in [-0.39, 0.29) is 11.4 Å². The maximum atomic E-state index is 13.9. The highest BCUT2D eigenvalue weighted by Crippen LogP contribution is 2.15. The van der Waals surface area contributed by atoms with E-state index in [2.05, 4.69) is 19.9 Å². The van der Waals surface area contributed by atoms with Crippen molar-refractivity contribution in [2.24, 2.45) is 0 Å². The fourth-order valence-electron chi connectivity index (χ4n) is 3.60. The van der Waals surface area contributed by atoms with E-state index in [1.165, 1.54) is 22.9 Å². The lowest BCUT2D eigenvalue weighted by atomic mass is 10.1. The highest BCUT2D eigenvalue weighted by molar-refractivity contribution is 5.56. The van der Waals surface area contributed by atoms with Crippen molar-refractivity contribution in [1.29, 1.82) is 0 Å². The molecule has 2 aromatic heterocycles. The normalized spacial score (nSPS) is 15.4. The lowest BCUT2D eigenvalue weighted by molar-refractivity contribution is 0.121. The van der Waals surface area contributed by atoms with Crippen LogP contribution in [-0.4, -0.2) is 57.3 Å². The number of pyridine rings is 1. The number of nitrogens with zero attached hydrogens (tertiary/aromatic N) is 5. The standard InChI is InChI=1S/C22H23F2N5O/c23-19-1-2-20(24)18(15-19)16-28-11-9-27(10-12-28)13-14-29-22(30)4-3-21(26-29)17-5-7-25-8-6-17/h1-8,15H,9-14,16H2. The van der Waals surface area contributed by atoms with Gasteiger partial charge in [-0.3, -0.25) is 19.6 Å². The minimum atomic E-state index is -0.419. The van der Waals surface area contributed by atoms with Crippen molar-refractivity contribution in [2.75, 3.05) is 32.7 Å². The largest absolute Gasteiger partial charge is 0.299 e. The van der Waals surface area contributed by atoms with Gasteiger partial charge in [0.2, 0.25) is 0 Å². The average molecular weight is 411 g/mol. The van der Waals surface area contributed by atoms with Gasteiger partial charge in [-0.15, -0.1) is 0 Å². The van der Waals surface area contributed by atoms with Crippen LogP contribution in [0.4, 0.5) is 8.78 Å². The predicted molar refractivity (Wildman–Crippen MR) is 110 cm³/mol. The Hall–Kier alpha value is -2.97. The van der Waals surface area contributed by atoms with Crippen LogP contribution in [0.3, 0.4) is 0 Å². The molecule has 1 aliphatic heterocycles. The van der Waals surface area contributed by atoms with Crippen molar-refractivity contribution in [3.8, 4) is 11.3 Å². The number of rotatable bonds is 6. The molecule has 156 valence electrons. The summed E-state index contributed by atoms with van der Waals surface area (Å²) in [7, 11) is 0. The molecule has 0 unspecified atom stereocenters. The van der Waals surface area contributed by atoms with Crippen LogP contribution in [0.25, 0.3) is 11.3 Å². The quantitative estimate of drug-likeness (QED) is 0.624. The molecule has 4 rings (SSSR count). The number of hydrogen-bond donors (Lipinski definition) is 0. The molecule has 6 nitrogen and oxygen atoms in total. The van der Waals surface area contributed by atoms with E-state index in [1.54, 1.807) is 18.5 Å². The molecule has 30 heavy (non-hydrogen) atoms. The Morgan fingerprint density at radius 3 is 2.37 bits per heavy atom. The van der Waals surface area contributed by atoms with Crippen LogP contribution in [0.1, 0.15) is 5.56 Å². The van der Waals surface area contributed by atoms with E-state index in [9.17, 15) is 13.6 Å². The van der Waals surface area contributed by atoms with E-state index in [0.717, 1.165) is 43.5 Å². The smallest absolute Gasteiger partial charge is 0.266 e. The third kappa shape index (κ3) is 4.95. The fraction of sp³-hybridized carbons (Fsp3) is 0.318. The highest BCUT2D eigenvalue weighted by Gasteiger charge is 2.18. The van der Waals surface area contributed by atoms with Gasteiger partial charge in [0.15, 0.2) is 0 Å². The maximum Gasteiger partial charge on any atom is 0.266 e. The summed E-state index contributed by atoms with van der Waals surface area (Å²) in [6.07, 6.45) is 3.39. The highest BCUT2D eigenvalue weighted by atomic mass is 19.1. The summed E-state index contributed by atoms with van der Waals surface area (Å²) < 4.78 is 28.7. The molecular weight excluding hydrogens is 388 g/mol. The van der Waals surface area contributed by atoms with Crippen LogP contribution in [-0.2, 0) is 13.1 Å². The van der Waals surface area contributed by atoms with Crippen molar-refractivity contribution >= 4 is 0 Å². The zero-order chi connectivity index (χ0) is 20.9. The van der Waals surface area contributed by atoms with Crippen LogP contribution in [0.15, 0.2) is 59.7 Å². The summed E-state index contributed by atoms with van der Waals surface area (Å²) in [4.78, 5) is 20.6. The second-order valence-corrected chi connectivity index (χ2v) is 7.37. The summed E-state index contributed by atoms with van der Waals surface area (Å²) >= 11 is 0. The molecule has 1 aromatic carbocycles. The molecule has 0 aliphatic carbocycles. The van der Waals surface area contributed by atoms with Crippen molar-refractivity contribution in [3.63, 3.8) is 0 Å². The third-order valence-corrected chi connectivity index (χ3v) is 5.34. The number of hydrogen-bond acceptors (Lipinski definition) is 5. The molecule has 0 saturated carbocycles. The first-order chi connectivity index (χ1) is 14.6. The topological polar surface area (TPSA) is 54.3 Å². The fourth-order valence-corrected chi connectivity index (χ4v) is 3.60. The molecule has 0 spiro atoms. The molecule has 0 atom stereocenters. The maximum absolute atomic E-state index is 13.9. The van der Waals surface area contributed by atoms with E-state index in [1.807, 2.05) is 12.1 Å². The van der Waals surface area contributed by atoms with Crippen LogP contribution in [0.2, 0.25) is 0 Å². The predicted octanol–water partition coefficient (Wildman–Crippen LogP) is 2.40. The minimum absolute atomic E-state index is 0.131. The Kier molecular flexibility index (Phi) is 6.25. The van der Waals surface area contributed by atoms with E-state index >= 15 is 0 Å². The monoisotopic (exact) mass is 411 g/mol. The first-order valence-corrected chi connectivity index (χ1v) is 9.96. The van der Waals surface area contributed by atoms with E-state index in [4.69, 9.17) is 0 Å². The Labute approximate surface area is 173 Å². The summed E-state index contributed by atoms with van der Waals surface area (Å²) in [6, 6.07) is 10.5. The zero-order valence-corrected chi connectivity index (χ0v) is 16.5. The lowest BCUT2D eigenvalue weighted by Gasteiger charge is -2.34. The molecule has 1 saturated heterocycles. The molecule has 0 bridgehead atoms. The number of benzene rings is 1. The van der Waals surface area contributed by atoms with Gasteiger partial charge >= 0.3 is 0 Å². The van der Waals surface area contributed by atoms with Gasteiger partial charge in [0, 0.05) is 68.9 Å². The van der Waals surface area contributed by atoms with Crippen LogP contribution in [0, 0.1) is 11.6 Å². The summed E-state index contributed by atoms with van der Waals surface area (Å²) in [5.41, 5.74) is 1.90. The van der Waals surface area contributed by atoms with Crippen LogP contribution in [0.5, 0.6) is 0 Å². The number of piperazine rings is 1. The van der Waals surface area contributed by atoms with Gasteiger partial charge in [-0.1, -0.05) is 0 Å². The van der Waals surface area contributed by atoms with Gasteiger partial charge < -0.3 is 0 Å². The van der Waals surface area contributed by atoms with E-state index < -0.39 is 5.82 Å². The SMILES string of the molecule is O=c1ccc(-c2ccncc2)nn1CCN1CCN(Cc2cc(F)ccc2F)CC1. The molecular formula is C22H23F2N5O. The second-order valence-electron chi connectivity index (χ2n) is 7.37. The molecule has 1 aliphatic rings. The molecule has 0 radical (unpaired) electrons. The zero-order valence-electron chi connectivity index (χ0n) is 16.5. The molecule has 3 heterocycles. The van der Waals surface area contributed by atoms with E-state index in [0.29, 0.717) is 25.2 Å². The molecule has 0 amide bonds. The van der Waals surface area contributed by atoms with Crippen LogP contribution < -0.4 is 5.56 Å². The van der Waals surface area contributed by atoms with Gasteiger partial charge in [0.25, 0.3) is 5.56 Å². The Bertz CT molecular complexity index is 1050. The summed E-state index contributed by atoms with van der Waals surface area (Å²) in [6.45, 7) is 4.72. The third-order valence-electron chi connectivity index (χ3n) is 5.34. The van der Waals surface area contributed by atoms with Crippen molar-refractivity contribution in [2.45, 2.75) is 13.1 Å². The molecule has 0 N–H and O–H groups in total. The molecule has 3 aromatic rings.